The van der Waals surface area contributed by atoms with Crippen LogP contribution in [0.25, 0.3) is 0 Å². The zero-order chi connectivity index (χ0) is 19.6. The quantitative estimate of drug-likeness (QED) is 0.877. The number of hydrogen-bond donors (Lipinski definition) is 1. The van der Waals surface area contributed by atoms with Crippen molar-refractivity contribution in [1.82, 2.24) is 15.1 Å². The Bertz CT molecular complexity index is 831. The normalized spacial score (nSPS) is 22.1. The molecule has 2 aliphatic rings. The lowest BCUT2D eigenvalue weighted by Gasteiger charge is -2.39. The summed E-state index contributed by atoms with van der Waals surface area (Å²) in [4.78, 5) is 15.7. The molecule has 1 aromatic carbocycles. The molecule has 1 unspecified atom stereocenters. The highest BCUT2D eigenvalue weighted by Gasteiger charge is 2.42. The number of benzene rings is 1. The highest BCUT2D eigenvalue weighted by molar-refractivity contribution is 5.88. The van der Waals surface area contributed by atoms with Crippen LogP contribution in [0.4, 0.5) is 10.1 Å². The number of nitrogens with zero attached hydrogens (tertiary/aromatic N) is 3. The van der Waals surface area contributed by atoms with E-state index < -0.39 is 5.41 Å². The van der Waals surface area contributed by atoms with Crippen molar-refractivity contribution in [3.8, 4) is 0 Å². The standard InChI is InChI=1S/C21H27FN4O2/c1-25-15-19(13-23-25)26-9-3-6-18(14-26)24-20(27)21(7-10-28-11-8-21)16-4-2-5-17(22)12-16/h2,4-5,12-13,15,18H,3,6-11,14H2,1H3,(H,24,27). The van der Waals surface area contributed by atoms with Gasteiger partial charge in [0.1, 0.15) is 5.82 Å². The second kappa shape index (κ2) is 7.91. The number of hydrogen-bond acceptors (Lipinski definition) is 4. The molecule has 0 radical (unpaired) electrons. The first-order valence-corrected chi connectivity index (χ1v) is 9.95. The highest BCUT2D eigenvalue weighted by Crippen LogP contribution is 2.36. The number of rotatable bonds is 4. The van der Waals surface area contributed by atoms with Gasteiger partial charge in [0.25, 0.3) is 0 Å². The largest absolute Gasteiger partial charge is 0.381 e. The Labute approximate surface area is 164 Å². The average Bonchev–Trinajstić information content (AvgIpc) is 3.15. The number of nitrogens with one attached hydrogen (secondary N) is 1. The second-order valence-corrected chi connectivity index (χ2v) is 7.84. The van der Waals surface area contributed by atoms with Crippen LogP contribution in [0.1, 0.15) is 31.2 Å². The fourth-order valence-corrected chi connectivity index (χ4v) is 4.38. The Hall–Kier alpha value is -2.41. The van der Waals surface area contributed by atoms with Crippen LogP contribution in [0.2, 0.25) is 0 Å². The van der Waals surface area contributed by atoms with E-state index >= 15 is 0 Å². The maximum Gasteiger partial charge on any atom is 0.231 e. The van der Waals surface area contributed by atoms with Crippen LogP contribution in [-0.4, -0.2) is 48.0 Å². The Morgan fingerprint density at radius 2 is 2.18 bits per heavy atom. The fraction of sp³-hybridized carbons (Fsp3) is 0.524. The van der Waals surface area contributed by atoms with Crippen LogP contribution >= 0.6 is 0 Å². The molecule has 4 rings (SSSR count). The van der Waals surface area contributed by atoms with E-state index in [2.05, 4.69) is 15.3 Å². The summed E-state index contributed by atoms with van der Waals surface area (Å²) >= 11 is 0. The van der Waals surface area contributed by atoms with Gasteiger partial charge in [0, 0.05) is 45.6 Å². The SMILES string of the molecule is Cn1cc(N2CCCC(NC(=O)C3(c4cccc(F)c4)CCOCC3)C2)cn1. The molecule has 1 atom stereocenters. The van der Waals surface area contributed by atoms with Crippen molar-refractivity contribution in [3.63, 3.8) is 0 Å². The predicted molar refractivity (Wildman–Crippen MR) is 105 cm³/mol. The second-order valence-electron chi connectivity index (χ2n) is 7.84. The van der Waals surface area contributed by atoms with Crippen LogP contribution in [0.5, 0.6) is 0 Å². The van der Waals surface area contributed by atoms with Crippen LogP contribution in [0, 0.1) is 5.82 Å². The Morgan fingerprint density at radius 1 is 1.36 bits per heavy atom. The number of aryl methyl sites for hydroxylation is 1. The Balaban J connectivity index is 1.51. The minimum Gasteiger partial charge on any atom is -0.381 e. The zero-order valence-electron chi connectivity index (χ0n) is 16.2. The number of amides is 1. The summed E-state index contributed by atoms with van der Waals surface area (Å²) in [7, 11) is 1.90. The van der Waals surface area contributed by atoms with E-state index in [-0.39, 0.29) is 17.8 Å². The van der Waals surface area contributed by atoms with E-state index in [0.717, 1.165) is 37.2 Å². The average molecular weight is 386 g/mol. The lowest BCUT2D eigenvalue weighted by atomic mass is 9.73. The van der Waals surface area contributed by atoms with Gasteiger partial charge >= 0.3 is 0 Å². The Kier molecular flexibility index (Phi) is 5.35. The van der Waals surface area contributed by atoms with Gasteiger partial charge in [0.05, 0.1) is 17.3 Å². The number of anilines is 1. The van der Waals surface area contributed by atoms with E-state index in [1.165, 1.54) is 12.1 Å². The molecule has 7 heteroatoms. The number of ether oxygens (including phenoxy) is 1. The third-order valence-electron chi connectivity index (χ3n) is 5.97. The third-order valence-corrected chi connectivity index (χ3v) is 5.97. The van der Waals surface area contributed by atoms with Gasteiger partial charge in [-0.1, -0.05) is 12.1 Å². The molecule has 1 aromatic heterocycles. The molecular weight excluding hydrogens is 359 g/mol. The van der Waals surface area contributed by atoms with Gasteiger partial charge in [-0.15, -0.1) is 0 Å². The van der Waals surface area contributed by atoms with Crippen molar-refractivity contribution in [3.05, 3.63) is 48.0 Å². The molecule has 150 valence electrons. The molecule has 2 aliphatic heterocycles. The fourth-order valence-electron chi connectivity index (χ4n) is 4.38. The number of halogens is 1. The van der Waals surface area contributed by atoms with E-state index in [0.29, 0.717) is 26.1 Å². The van der Waals surface area contributed by atoms with Crippen molar-refractivity contribution in [2.75, 3.05) is 31.2 Å². The molecule has 1 N–H and O–H groups in total. The highest BCUT2D eigenvalue weighted by atomic mass is 19.1. The van der Waals surface area contributed by atoms with Crippen LogP contribution in [0.3, 0.4) is 0 Å². The molecule has 2 fully saturated rings. The summed E-state index contributed by atoms with van der Waals surface area (Å²) < 4.78 is 21.2. The summed E-state index contributed by atoms with van der Waals surface area (Å²) in [5.74, 6) is -0.323. The molecule has 3 heterocycles. The number of carbonyl (C=O) groups excluding carboxylic acids is 1. The van der Waals surface area contributed by atoms with Gasteiger partial charge < -0.3 is 15.0 Å². The summed E-state index contributed by atoms with van der Waals surface area (Å²) in [6, 6.07) is 6.51. The summed E-state index contributed by atoms with van der Waals surface area (Å²) in [6.45, 7) is 2.74. The van der Waals surface area contributed by atoms with Crippen LogP contribution in [-0.2, 0) is 22.0 Å². The lowest BCUT2D eigenvalue weighted by molar-refractivity contribution is -0.131. The number of carbonyl (C=O) groups is 1. The molecule has 0 saturated carbocycles. The van der Waals surface area contributed by atoms with Crippen molar-refractivity contribution in [2.45, 2.75) is 37.1 Å². The third kappa shape index (κ3) is 3.76. The van der Waals surface area contributed by atoms with Gasteiger partial charge in [0.2, 0.25) is 5.91 Å². The molecule has 6 nitrogen and oxygen atoms in total. The van der Waals surface area contributed by atoms with Crippen molar-refractivity contribution >= 4 is 11.6 Å². The van der Waals surface area contributed by atoms with E-state index in [1.54, 1.807) is 10.7 Å². The summed E-state index contributed by atoms with van der Waals surface area (Å²) in [5, 5.41) is 7.52. The van der Waals surface area contributed by atoms with Gasteiger partial charge in [-0.25, -0.2) is 4.39 Å². The minimum absolute atomic E-state index is 0.0144. The molecule has 28 heavy (non-hydrogen) atoms. The number of aromatic nitrogens is 2. The van der Waals surface area contributed by atoms with E-state index in [1.807, 2.05) is 25.5 Å². The molecule has 0 aliphatic carbocycles. The van der Waals surface area contributed by atoms with E-state index in [9.17, 15) is 9.18 Å². The summed E-state index contributed by atoms with van der Waals surface area (Å²) in [6.07, 6.45) is 6.95. The smallest absolute Gasteiger partial charge is 0.231 e. The van der Waals surface area contributed by atoms with Crippen molar-refractivity contribution in [2.24, 2.45) is 7.05 Å². The van der Waals surface area contributed by atoms with Gasteiger partial charge in [0.15, 0.2) is 0 Å². The first-order valence-electron chi connectivity index (χ1n) is 9.95. The maximum atomic E-state index is 13.9. The van der Waals surface area contributed by atoms with Crippen molar-refractivity contribution in [1.29, 1.82) is 0 Å². The first kappa shape index (κ1) is 18.9. The van der Waals surface area contributed by atoms with Gasteiger partial charge in [-0.2, -0.15) is 5.10 Å². The zero-order valence-corrected chi connectivity index (χ0v) is 16.2. The monoisotopic (exact) mass is 386 g/mol. The van der Waals surface area contributed by atoms with Gasteiger partial charge in [-0.3, -0.25) is 9.48 Å². The first-order chi connectivity index (χ1) is 13.6. The topological polar surface area (TPSA) is 59.4 Å². The molecular formula is C21H27FN4O2. The van der Waals surface area contributed by atoms with E-state index in [4.69, 9.17) is 4.74 Å². The molecule has 2 aromatic rings. The minimum atomic E-state index is -0.725. The van der Waals surface area contributed by atoms with Crippen LogP contribution < -0.4 is 10.2 Å². The van der Waals surface area contributed by atoms with Gasteiger partial charge in [-0.05, 0) is 43.4 Å². The molecule has 0 spiro atoms. The van der Waals surface area contributed by atoms with Crippen molar-refractivity contribution < 1.29 is 13.9 Å². The molecule has 0 bridgehead atoms. The lowest BCUT2D eigenvalue weighted by Crippen LogP contribution is -2.55. The summed E-state index contributed by atoms with van der Waals surface area (Å²) in [5.41, 5.74) is 1.09. The molecule has 2 saturated heterocycles. The predicted octanol–water partition coefficient (Wildman–Crippen LogP) is 2.39. The van der Waals surface area contributed by atoms with Crippen LogP contribution in [0.15, 0.2) is 36.7 Å². The number of piperidine rings is 1. The Morgan fingerprint density at radius 3 is 2.89 bits per heavy atom. The molecule has 1 amide bonds. The maximum absolute atomic E-state index is 13.9.